The van der Waals surface area contributed by atoms with Gasteiger partial charge in [-0.3, -0.25) is 0 Å². The lowest BCUT2D eigenvalue weighted by Gasteiger charge is -2.17. The van der Waals surface area contributed by atoms with E-state index in [9.17, 15) is 8.78 Å². The van der Waals surface area contributed by atoms with E-state index in [1.165, 1.54) is 12.1 Å². The molecule has 0 aliphatic heterocycles. The highest BCUT2D eigenvalue weighted by Crippen LogP contribution is 2.15. The molecule has 0 fully saturated rings. The minimum absolute atomic E-state index is 0.0798. The van der Waals surface area contributed by atoms with Crippen molar-refractivity contribution in [3.05, 3.63) is 70.2 Å². The first kappa shape index (κ1) is 14.9. The van der Waals surface area contributed by atoms with Gasteiger partial charge >= 0.3 is 0 Å². The zero-order chi connectivity index (χ0) is 14.5. The molecule has 1 nitrogen and oxygen atoms in total. The van der Waals surface area contributed by atoms with Gasteiger partial charge in [-0.25, -0.2) is 8.78 Å². The van der Waals surface area contributed by atoms with E-state index in [0.717, 1.165) is 18.1 Å². The van der Waals surface area contributed by atoms with Crippen LogP contribution in [0.4, 0.5) is 8.78 Å². The Morgan fingerprint density at radius 2 is 1.75 bits per heavy atom. The molecule has 0 saturated heterocycles. The molecule has 0 radical (unpaired) electrons. The maximum absolute atomic E-state index is 13.7. The van der Waals surface area contributed by atoms with Crippen molar-refractivity contribution in [2.75, 3.05) is 7.05 Å². The average molecular weight is 296 g/mol. The Morgan fingerprint density at radius 1 is 1.05 bits per heavy atom. The summed E-state index contributed by atoms with van der Waals surface area (Å²) >= 11 is 5.85. The number of rotatable bonds is 5. The largest absolute Gasteiger partial charge is 0.316 e. The van der Waals surface area contributed by atoms with Crippen LogP contribution >= 0.6 is 11.6 Å². The van der Waals surface area contributed by atoms with Crippen LogP contribution < -0.4 is 5.32 Å². The van der Waals surface area contributed by atoms with E-state index < -0.39 is 11.6 Å². The normalized spacial score (nSPS) is 12.4. The predicted molar refractivity (Wildman–Crippen MR) is 78.1 cm³/mol. The number of benzene rings is 2. The van der Waals surface area contributed by atoms with Crippen LogP contribution in [0.25, 0.3) is 0 Å². The van der Waals surface area contributed by atoms with E-state index in [2.05, 4.69) is 5.32 Å². The second kappa shape index (κ2) is 6.82. The predicted octanol–water partition coefficient (Wildman–Crippen LogP) is 3.99. The lowest BCUT2D eigenvalue weighted by Crippen LogP contribution is -2.30. The monoisotopic (exact) mass is 295 g/mol. The molecule has 0 heterocycles. The molecular weight excluding hydrogens is 280 g/mol. The average Bonchev–Trinajstić information content (AvgIpc) is 2.43. The molecule has 1 atom stereocenters. The molecule has 0 saturated carbocycles. The summed E-state index contributed by atoms with van der Waals surface area (Å²) in [6, 6.07) is 11.4. The quantitative estimate of drug-likeness (QED) is 0.879. The third-order valence-electron chi connectivity index (χ3n) is 3.29. The molecule has 0 aromatic heterocycles. The molecule has 1 N–H and O–H groups in total. The molecular formula is C16H16ClF2N. The Morgan fingerprint density at radius 3 is 2.35 bits per heavy atom. The fraction of sp³-hybridized carbons (Fsp3) is 0.250. The number of nitrogens with one attached hydrogen (secondary N) is 1. The van der Waals surface area contributed by atoms with Gasteiger partial charge in [0.25, 0.3) is 0 Å². The standard InChI is InChI=1S/C16H16ClF2N/c1-20-15(8-11-2-5-13(17)6-3-11)9-12-4-7-14(18)10-16(12)19/h2-7,10,15,20H,8-9H2,1H3. The van der Waals surface area contributed by atoms with Crippen molar-refractivity contribution in [1.29, 1.82) is 0 Å². The SMILES string of the molecule is CNC(Cc1ccc(Cl)cc1)Cc1ccc(F)cc1F. The van der Waals surface area contributed by atoms with Gasteiger partial charge in [0.2, 0.25) is 0 Å². The van der Waals surface area contributed by atoms with Crippen LogP contribution in [-0.4, -0.2) is 13.1 Å². The van der Waals surface area contributed by atoms with Crippen molar-refractivity contribution in [2.24, 2.45) is 0 Å². The Balaban J connectivity index is 2.07. The molecule has 20 heavy (non-hydrogen) atoms. The Bertz CT molecular complexity index is 569. The van der Waals surface area contributed by atoms with Crippen LogP contribution in [0, 0.1) is 11.6 Å². The highest BCUT2D eigenvalue weighted by molar-refractivity contribution is 6.30. The van der Waals surface area contributed by atoms with Crippen molar-refractivity contribution in [2.45, 2.75) is 18.9 Å². The fourth-order valence-electron chi connectivity index (χ4n) is 2.13. The van der Waals surface area contributed by atoms with Gasteiger partial charge in [-0.15, -0.1) is 0 Å². The third kappa shape index (κ3) is 4.02. The van der Waals surface area contributed by atoms with E-state index in [4.69, 9.17) is 11.6 Å². The molecule has 2 aromatic carbocycles. The summed E-state index contributed by atoms with van der Waals surface area (Å²) in [6.07, 6.45) is 1.26. The lowest BCUT2D eigenvalue weighted by atomic mass is 9.99. The van der Waals surface area contributed by atoms with Gasteiger partial charge in [0.05, 0.1) is 0 Å². The van der Waals surface area contributed by atoms with Crippen molar-refractivity contribution >= 4 is 11.6 Å². The van der Waals surface area contributed by atoms with Gasteiger partial charge in [0.1, 0.15) is 11.6 Å². The van der Waals surface area contributed by atoms with E-state index in [0.29, 0.717) is 17.0 Å². The molecule has 0 spiro atoms. The molecule has 2 aromatic rings. The summed E-state index contributed by atoms with van der Waals surface area (Å²) in [5.41, 5.74) is 1.64. The number of likely N-dealkylation sites (N-methyl/N-ethyl adjacent to an activating group) is 1. The molecule has 1 unspecified atom stereocenters. The van der Waals surface area contributed by atoms with Crippen LogP contribution in [0.5, 0.6) is 0 Å². The minimum atomic E-state index is -0.551. The second-order valence-electron chi connectivity index (χ2n) is 4.76. The maximum atomic E-state index is 13.7. The zero-order valence-corrected chi connectivity index (χ0v) is 11.9. The van der Waals surface area contributed by atoms with Gasteiger partial charge in [0, 0.05) is 17.1 Å². The van der Waals surface area contributed by atoms with E-state index in [1.54, 1.807) is 0 Å². The highest BCUT2D eigenvalue weighted by Gasteiger charge is 2.12. The molecule has 0 aliphatic rings. The minimum Gasteiger partial charge on any atom is -0.316 e. The summed E-state index contributed by atoms with van der Waals surface area (Å²) in [7, 11) is 1.84. The van der Waals surface area contributed by atoms with Crippen molar-refractivity contribution in [1.82, 2.24) is 5.32 Å². The molecule has 0 bridgehead atoms. The summed E-state index contributed by atoms with van der Waals surface area (Å²) in [4.78, 5) is 0. The summed E-state index contributed by atoms with van der Waals surface area (Å²) < 4.78 is 26.5. The first-order valence-electron chi connectivity index (χ1n) is 6.44. The molecule has 4 heteroatoms. The summed E-state index contributed by atoms with van der Waals surface area (Å²) in [5, 5.41) is 3.86. The van der Waals surface area contributed by atoms with Crippen LogP contribution in [0.1, 0.15) is 11.1 Å². The van der Waals surface area contributed by atoms with Crippen molar-refractivity contribution in [3.8, 4) is 0 Å². The second-order valence-corrected chi connectivity index (χ2v) is 5.19. The maximum Gasteiger partial charge on any atom is 0.129 e. The Kier molecular flexibility index (Phi) is 5.10. The van der Waals surface area contributed by atoms with Crippen molar-refractivity contribution < 1.29 is 8.78 Å². The number of hydrogen-bond acceptors (Lipinski definition) is 1. The van der Waals surface area contributed by atoms with Gasteiger partial charge in [-0.05, 0) is 49.2 Å². The summed E-state index contributed by atoms with van der Waals surface area (Å²) in [5.74, 6) is -1.05. The summed E-state index contributed by atoms with van der Waals surface area (Å²) in [6.45, 7) is 0. The molecule has 2 rings (SSSR count). The van der Waals surface area contributed by atoms with Gasteiger partial charge in [-0.1, -0.05) is 29.8 Å². The van der Waals surface area contributed by atoms with E-state index in [1.807, 2.05) is 31.3 Å². The first-order chi connectivity index (χ1) is 9.58. The first-order valence-corrected chi connectivity index (χ1v) is 6.82. The van der Waals surface area contributed by atoms with Crippen molar-refractivity contribution in [3.63, 3.8) is 0 Å². The third-order valence-corrected chi connectivity index (χ3v) is 3.54. The smallest absolute Gasteiger partial charge is 0.129 e. The Hall–Kier alpha value is -1.45. The van der Waals surface area contributed by atoms with Gasteiger partial charge in [-0.2, -0.15) is 0 Å². The fourth-order valence-corrected chi connectivity index (χ4v) is 2.26. The van der Waals surface area contributed by atoms with E-state index >= 15 is 0 Å². The van der Waals surface area contributed by atoms with E-state index in [-0.39, 0.29) is 6.04 Å². The van der Waals surface area contributed by atoms with Crippen LogP contribution in [0.3, 0.4) is 0 Å². The number of hydrogen-bond donors (Lipinski definition) is 1. The Labute approximate surface area is 122 Å². The van der Waals surface area contributed by atoms with Crippen LogP contribution in [0.15, 0.2) is 42.5 Å². The van der Waals surface area contributed by atoms with Gasteiger partial charge < -0.3 is 5.32 Å². The van der Waals surface area contributed by atoms with Gasteiger partial charge in [0.15, 0.2) is 0 Å². The molecule has 106 valence electrons. The highest BCUT2D eigenvalue weighted by atomic mass is 35.5. The lowest BCUT2D eigenvalue weighted by molar-refractivity contribution is 0.524. The number of halogens is 3. The van der Waals surface area contributed by atoms with Crippen LogP contribution in [-0.2, 0) is 12.8 Å². The zero-order valence-electron chi connectivity index (χ0n) is 11.2. The topological polar surface area (TPSA) is 12.0 Å². The molecule has 0 amide bonds. The van der Waals surface area contributed by atoms with Crippen LogP contribution in [0.2, 0.25) is 5.02 Å². The molecule has 0 aliphatic carbocycles.